The highest BCUT2D eigenvalue weighted by Crippen LogP contribution is 2.21. The number of para-hydroxylation sites is 1. The van der Waals surface area contributed by atoms with Crippen LogP contribution in [-0.4, -0.2) is 23.6 Å². The summed E-state index contributed by atoms with van der Waals surface area (Å²) in [5.41, 5.74) is 2.35. The second-order valence-electron chi connectivity index (χ2n) is 4.53. The Labute approximate surface area is 113 Å². The van der Waals surface area contributed by atoms with Gasteiger partial charge < -0.3 is 15.2 Å². The summed E-state index contributed by atoms with van der Waals surface area (Å²) in [6.07, 6.45) is 2.07. The summed E-state index contributed by atoms with van der Waals surface area (Å²) in [6.45, 7) is 6.84. The van der Waals surface area contributed by atoms with E-state index >= 15 is 0 Å². The van der Waals surface area contributed by atoms with E-state index in [1.165, 1.54) is 10.9 Å². The molecule has 1 aromatic heterocycles. The Balaban J connectivity index is 2.30. The smallest absolute Gasteiger partial charge is 0.239 e. The van der Waals surface area contributed by atoms with Crippen molar-refractivity contribution in [1.29, 1.82) is 0 Å². The van der Waals surface area contributed by atoms with E-state index < -0.39 is 0 Å². The van der Waals surface area contributed by atoms with Gasteiger partial charge in [-0.25, -0.2) is 0 Å². The minimum absolute atomic E-state index is 0.0539. The van der Waals surface area contributed by atoms with Gasteiger partial charge in [0, 0.05) is 30.2 Å². The summed E-state index contributed by atoms with van der Waals surface area (Å²) >= 11 is 0. The van der Waals surface area contributed by atoms with Crippen molar-refractivity contribution in [3.63, 3.8) is 0 Å². The van der Waals surface area contributed by atoms with Crippen LogP contribution >= 0.6 is 0 Å². The fraction of sp³-hybridized carbons (Fsp3) is 0.400. The first-order valence-electron chi connectivity index (χ1n) is 6.80. The third kappa shape index (κ3) is 3.15. The molecule has 102 valence electrons. The van der Waals surface area contributed by atoms with E-state index in [1.807, 2.05) is 23.6 Å². The Kier molecular flexibility index (Phi) is 4.58. The molecule has 1 amide bonds. The minimum Gasteiger partial charge on any atom is -0.355 e. The monoisotopic (exact) mass is 259 g/mol. The van der Waals surface area contributed by atoms with Gasteiger partial charge in [0.25, 0.3) is 0 Å². The lowest BCUT2D eigenvalue weighted by Gasteiger charge is -2.05. The van der Waals surface area contributed by atoms with Gasteiger partial charge in [0.1, 0.15) is 6.54 Å². The first-order chi connectivity index (χ1) is 9.26. The second-order valence-corrected chi connectivity index (χ2v) is 4.53. The number of aromatic nitrogens is 1. The summed E-state index contributed by atoms with van der Waals surface area (Å²) in [6, 6.07) is 8.21. The lowest BCUT2D eigenvalue weighted by molar-refractivity contribution is -0.121. The quantitative estimate of drug-likeness (QED) is 0.832. The number of nitrogens with zero attached hydrogens (tertiary/aromatic N) is 1. The van der Waals surface area contributed by atoms with Crippen LogP contribution in [0.1, 0.15) is 19.4 Å². The van der Waals surface area contributed by atoms with Gasteiger partial charge >= 0.3 is 0 Å². The van der Waals surface area contributed by atoms with Gasteiger partial charge in [-0.2, -0.15) is 0 Å². The van der Waals surface area contributed by atoms with Crippen LogP contribution in [0.3, 0.4) is 0 Å². The number of carbonyl (C=O) groups is 1. The molecule has 0 aliphatic rings. The van der Waals surface area contributed by atoms with Crippen LogP contribution in [0.25, 0.3) is 10.9 Å². The number of fused-ring (bicyclic) bond motifs is 1. The van der Waals surface area contributed by atoms with Gasteiger partial charge in [0.2, 0.25) is 5.91 Å². The molecule has 0 unspecified atom stereocenters. The Hall–Kier alpha value is -1.81. The molecular formula is C15H21N3O. The molecule has 0 spiro atoms. The van der Waals surface area contributed by atoms with Gasteiger partial charge in [-0.1, -0.05) is 25.1 Å². The number of hydrogen-bond acceptors (Lipinski definition) is 2. The topological polar surface area (TPSA) is 46.1 Å². The molecule has 4 nitrogen and oxygen atoms in total. The average molecular weight is 259 g/mol. The molecule has 19 heavy (non-hydrogen) atoms. The first-order valence-corrected chi connectivity index (χ1v) is 6.80. The minimum atomic E-state index is 0.0539. The van der Waals surface area contributed by atoms with Crippen LogP contribution in [-0.2, 0) is 17.9 Å². The summed E-state index contributed by atoms with van der Waals surface area (Å²) in [5.74, 6) is 0.0539. The van der Waals surface area contributed by atoms with Gasteiger partial charge in [-0.15, -0.1) is 0 Å². The van der Waals surface area contributed by atoms with Crippen LogP contribution < -0.4 is 10.6 Å². The Bertz CT molecular complexity index is 560. The maximum absolute atomic E-state index is 11.7. The normalized spacial score (nSPS) is 10.8. The molecule has 2 N–H and O–H groups in total. The lowest BCUT2D eigenvalue weighted by atomic mass is 10.2. The van der Waals surface area contributed by atoms with E-state index in [1.54, 1.807) is 0 Å². The molecule has 0 aliphatic heterocycles. The number of likely N-dealkylation sites (N-methyl/N-ethyl adjacent to an activating group) is 1. The number of benzene rings is 1. The highest BCUT2D eigenvalue weighted by Gasteiger charge is 2.09. The molecule has 4 heteroatoms. The fourth-order valence-corrected chi connectivity index (χ4v) is 2.26. The molecule has 1 heterocycles. The van der Waals surface area contributed by atoms with Gasteiger partial charge in [0.05, 0.1) is 0 Å². The maximum atomic E-state index is 11.7. The molecule has 0 saturated carbocycles. The number of hydrogen-bond donors (Lipinski definition) is 2. The SMILES string of the molecule is CCNCc1cn(CC(=O)NCC)c2ccccc12. The fourth-order valence-electron chi connectivity index (χ4n) is 2.26. The summed E-state index contributed by atoms with van der Waals surface area (Å²) in [4.78, 5) is 11.7. The zero-order valence-electron chi connectivity index (χ0n) is 11.6. The van der Waals surface area contributed by atoms with E-state index in [9.17, 15) is 4.79 Å². The second kappa shape index (κ2) is 6.38. The van der Waals surface area contributed by atoms with Crippen LogP contribution in [0, 0.1) is 0 Å². The van der Waals surface area contributed by atoms with E-state index in [-0.39, 0.29) is 5.91 Å². The third-order valence-corrected chi connectivity index (χ3v) is 3.12. The van der Waals surface area contributed by atoms with Crippen molar-refractivity contribution in [2.75, 3.05) is 13.1 Å². The summed E-state index contributed by atoms with van der Waals surface area (Å²) in [7, 11) is 0. The van der Waals surface area contributed by atoms with Crippen LogP contribution in [0.5, 0.6) is 0 Å². The van der Waals surface area contributed by atoms with Crippen molar-refractivity contribution in [3.8, 4) is 0 Å². The van der Waals surface area contributed by atoms with Crippen LogP contribution in [0.4, 0.5) is 0 Å². The highest BCUT2D eigenvalue weighted by molar-refractivity contribution is 5.86. The molecule has 0 bridgehead atoms. The van der Waals surface area contributed by atoms with Crippen molar-refractivity contribution in [3.05, 3.63) is 36.0 Å². The van der Waals surface area contributed by atoms with Crippen molar-refractivity contribution in [2.24, 2.45) is 0 Å². The van der Waals surface area contributed by atoms with Gasteiger partial charge in [-0.3, -0.25) is 4.79 Å². The standard InChI is InChI=1S/C15H21N3O/c1-3-16-9-12-10-18(11-15(19)17-4-2)14-8-6-5-7-13(12)14/h5-8,10,16H,3-4,9,11H2,1-2H3,(H,17,19). The molecule has 0 saturated heterocycles. The first kappa shape index (κ1) is 13.6. The summed E-state index contributed by atoms with van der Waals surface area (Å²) in [5, 5.41) is 7.39. The van der Waals surface area contributed by atoms with Crippen LogP contribution in [0.2, 0.25) is 0 Å². The predicted molar refractivity (Wildman–Crippen MR) is 78.0 cm³/mol. The average Bonchev–Trinajstić information content (AvgIpc) is 2.75. The maximum Gasteiger partial charge on any atom is 0.239 e. The molecule has 1 aromatic carbocycles. The summed E-state index contributed by atoms with van der Waals surface area (Å²) < 4.78 is 2.02. The van der Waals surface area contributed by atoms with Crippen molar-refractivity contribution in [2.45, 2.75) is 26.9 Å². The predicted octanol–water partition coefficient (Wildman–Crippen LogP) is 1.89. The molecule has 0 aliphatic carbocycles. The molecule has 2 rings (SSSR count). The molecule has 0 fully saturated rings. The Morgan fingerprint density at radius 2 is 2.00 bits per heavy atom. The van der Waals surface area contributed by atoms with Gasteiger partial charge in [0.15, 0.2) is 0 Å². The number of nitrogens with one attached hydrogen (secondary N) is 2. The molecule has 2 aromatic rings. The van der Waals surface area contributed by atoms with Crippen LogP contribution in [0.15, 0.2) is 30.5 Å². The van der Waals surface area contributed by atoms with Crippen molar-refractivity contribution in [1.82, 2.24) is 15.2 Å². The molecule has 0 radical (unpaired) electrons. The highest BCUT2D eigenvalue weighted by atomic mass is 16.1. The zero-order chi connectivity index (χ0) is 13.7. The third-order valence-electron chi connectivity index (χ3n) is 3.12. The van der Waals surface area contributed by atoms with E-state index in [2.05, 4.69) is 35.9 Å². The number of amides is 1. The van der Waals surface area contributed by atoms with E-state index in [0.717, 1.165) is 18.6 Å². The molecule has 0 atom stereocenters. The van der Waals surface area contributed by atoms with E-state index in [4.69, 9.17) is 0 Å². The van der Waals surface area contributed by atoms with Gasteiger partial charge in [-0.05, 0) is 25.1 Å². The number of rotatable bonds is 6. The van der Waals surface area contributed by atoms with Crippen molar-refractivity contribution < 1.29 is 4.79 Å². The lowest BCUT2D eigenvalue weighted by Crippen LogP contribution is -2.26. The van der Waals surface area contributed by atoms with E-state index in [0.29, 0.717) is 13.1 Å². The Morgan fingerprint density at radius 1 is 1.21 bits per heavy atom. The van der Waals surface area contributed by atoms with Crippen molar-refractivity contribution >= 4 is 16.8 Å². The Morgan fingerprint density at radius 3 is 2.74 bits per heavy atom. The largest absolute Gasteiger partial charge is 0.355 e. The zero-order valence-corrected chi connectivity index (χ0v) is 11.6. The molecular weight excluding hydrogens is 238 g/mol. The number of carbonyl (C=O) groups excluding carboxylic acids is 1.